The summed E-state index contributed by atoms with van der Waals surface area (Å²) < 4.78 is 0. The maximum absolute atomic E-state index is 12.3. The lowest BCUT2D eigenvalue weighted by Crippen LogP contribution is -2.30. The van der Waals surface area contributed by atoms with E-state index in [0.717, 1.165) is 45.3 Å². The fourth-order valence-electron chi connectivity index (χ4n) is 3.61. The number of pyridine rings is 1. The molecule has 2 aliphatic rings. The first kappa shape index (κ1) is 20.1. The van der Waals surface area contributed by atoms with Crippen molar-refractivity contribution < 1.29 is 14.4 Å². The zero-order valence-corrected chi connectivity index (χ0v) is 16.3. The summed E-state index contributed by atoms with van der Waals surface area (Å²) in [7, 11) is 0. The first-order chi connectivity index (χ1) is 13.6. The molecule has 3 rings (SSSR count). The average Bonchev–Trinajstić information content (AvgIpc) is 3.30. The fraction of sp³-hybridized carbons (Fsp3) is 0.600. The number of hydrogen-bond acceptors (Lipinski definition) is 5. The highest BCUT2D eigenvalue weighted by Crippen LogP contribution is 2.11. The molecular formula is C20H29N5O3. The average molecular weight is 387 g/mol. The Labute approximate surface area is 165 Å². The molecule has 8 nitrogen and oxygen atoms in total. The van der Waals surface area contributed by atoms with E-state index in [0.29, 0.717) is 43.9 Å². The van der Waals surface area contributed by atoms with E-state index in [1.807, 2.05) is 9.80 Å². The number of likely N-dealkylation sites (tertiary alicyclic amines) is 2. The number of hydrogen-bond donors (Lipinski definition) is 2. The lowest BCUT2D eigenvalue weighted by atomic mass is 10.2. The van der Waals surface area contributed by atoms with Crippen molar-refractivity contribution in [2.45, 2.75) is 38.5 Å². The SMILES string of the molecule is O=C(NCCCN1CCCC1=O)c1ccnc(NCCCN2CCCC2=O)c1. The molecule has 0 aliphatic carbocycles. The summed E-state index contributed by atoms with van der Waals surface area (Å²) in [5.41, 5.74) is 0.560. The zero-order chi connectivity index (χ0) is 19.8. The summed E-state index contributed by atoms with van der Waals surface area (Å²) in [4.78, 5) is 43.5. The zero-order valence-electron chi connectivity index (χ0n) is 16.3. The van der Waals surface area contributed by atoms with Crippen molar-refractivity contribution in [3.05, 3.63) is 23.9 Å². The molecule has 1 aromatic rings. The van der Waals surface area contributed by atoms with Crippen LogP contribution in [0.15, 0.2) is 18.3 Å². The Balaban J connectivity index is 1.35. The smallest absolute Gasteiger partial charge is 0.251 e. The van der Waals surface area contributed by atoms with Crippen molar-refractivity contribution in [3.63, 3.8) is 0 Å². The molecule has 2 N–H and O–H groups in total. The molecule has 0 atom stereocenters. The third kappa shape index (κ3) is 5.68. The van der Waals surface area contributed by atoms with Crippen LogP contribution in [0.4, 0.5) is 5.82 Å². The quantitative estimate of drug-likeness (QED) is 0.589. The van der Waals surface area contributed by atoms with Crippen LogP contribution in [0.1, 0.15) is 48.9 Å². The number of amides is 3. The predicted molar refractivity (Wildman–Crippen MR) is 106 cm³/mol. The van der Waals surface area contributed by atoms with Crippen molar-refractivity contribution in [3.8, 4) is 0 Å². The summed E-state index contributed by atoms with van der Waals surface area (Å²) in [6.07, 6.45) is 6.42. The number of nitrogens with zero attached hydrogens (tertiary/aromatic N) is 3. The van der Waals surface area contributed by atoms with Crippen LogP contribution in [-0.4, -0.2) is 71.8 Å². The van der Waals surface area contributed by atoms with Crippen molar-refractivity contribution in [1.82, 2.24) is 20.1 Å². The van der Waals surface area contributed by atoms with Crippen molar-refractivity contribution >= 4 is 23.5 Å². The van der Waals surface area contributed by atoms with Crippen LogP contribution in [-0.2, 0) is 9.59 Å². The molecule has 0 spiro atoms. The van der Waals surface area contributed by atoms with Crippen molar-refractivity contribution in [2.24, 2.45) is 0 Å². The van der Waals surface area contributed by atoms with Gasteiger partial charge in [0, 0.05) is 63.9 Å². The van der Waals surface area contributed by atoms with Gasteiger partial charge in [-0.1, -0.05) is 0 Å². The minimum Gasteiger partial charge on any atom is -0.370 e. The summed E-state index contributed by atoms with van der Waals surface area (Å²) in [5.74, 6) is 0.972. The van der Waals surface area contributed by atoms with E-state index in [1.165, 1.54) is 0 Å². The number of anilines is 1. The Morgan fingerprint density at radius 2 is 1.64 bits per heavy atom. The summed E-state index contributed by atoms with van der Waals surface area (Å²) in [6, 6.07) is 3.42. The van der Waals surface area contributed by atoms with Crippen LogP contribution in [0.5, 0.6) is 0 Å². The summed E-state index contributed by atoms with van der Waals surface area (Å²) in [6.45, 7) is 4.38. The number of carbonyl (C=O) groups is 3. The summed E-state index contributed by atoms with van der Waals surface area (Å²) in [5, 5.41) is 6.11. The second-order valence-electron chi connectivity index (χ2n) is 7.29. The van der Waals surface area contributed by atoms with Gasteiger partial charge in [-0.3, -0.25) is 14.4 Å². The van der Waals surface area contributed by atoms with E-state index in [9.17, 15) is 14.4 Å². The second-order valence-corrected chi connectivity index (χ2v) is 7.29. The number of carbonyl (C=O) groups excluding carboxylic acids is 3. The molecule has 152 valence electrons. The molecule has 2 saturated heterocycles. The second kappa shape index (κ2) is 10.1. The van der Waals surface area contributed by atoms with Gasteiger partial charge < -0.3 is 20.4 Å². The summed E-state index contributed by atoms with van der Waals surface area (Å²) >= 11 is 0. The molecule has 2 aliphatic heterocycles. The van der Waals surface area contributed by atoms with E-state index < -0.39 is 0 Å². The van der Waals surface area contributed by atoms with Gasteiger partial charge >= 0.3 is 0 Å². The Hall–Kier alpha value is -2.64. The molecule has 0 saturated carbocycles. The van der Waals surface area contributed by atoms with Gasteiger partial charge in [-0.15, -0.1) is 0 Å². The Morgan fingerprint density at radius 3 is 2.25 bits per heavy atom. The van der Waals surface area contributed by atoms with Gasteiger partial charge in [-0.05, 0) is 37.8 Å². The largest absolute Gasteiger partial charge is 0.370 e. The van der Waals surface area contributed by atoms with E-state index >= 15 is 0 Å². The first-order valence-electron chi connectivity index (χ1n) is 10.2. The standard InChI is InChI=1S/C20H29N5O3/c26-18-5-1-11-24(18)13-3-8-21-17-15-16(7-10-22-17)20(28)23-9-4-14-25-12-2-6-19(25)27/h7,10,15H,1-6,8-9,11-14H2,(H,21,22)(H,23,28). The van der Waals surface area contributed by atoms with Crippen molar-refractivity contribution in [1.29, 1.82) is 0 Å². The lowest BCUT2D eigenvalue weighted by Gasteiger charge is -2.16. The molecule has 8 heteroatoms. The topological polar surface area (TPSA) is 94.6 Å². The fourth-order valence-corrected chi connectivity index (χ4v) is 3.61. The molecule has 2 fully saturated rings. The highest BCUT2D eigenvalue weighted by atomic mass is 16.2. The third-order valence-corrected chi connectivity index (χ3v) is 5.17. The minimum atomic E-state index is -0.138. The van der Waals surface area contributed by atoms with Gasteiger partial charge in [-0.2, -0.15) is 0 Å². The molecule has 0 radical (unpaired) electrons. The Bertz CT molecular complexity index is 709. The van der Waals surface area contributed by atoms with Crippen LogP contribution in [0.25, 0.3) is 0 Å². The van der Waals surface area contributed by atoms with Gasteiger partial charge in [-0.25, -0.2) is 4.98 Å². The van der Waals surface area contributed by atoms with Gasteiger partial charge in [0.1, 0.15) is 5.82 Å². The van der Waals surface area contributed by atoms with Gasteiger partial charge in [0.2, 0.25) is 11.8 Å². The van der Waals surface area contributed by atoms with Gasteiger partial charge in [0.05, 0.1) is 0 Å². The minimum absolute atomic E-state index is 0.138. The van der Waals surface area contributed by atoms with E-state index in [-0.39, 0.29) is 17.7 Å². The monoisotopic (exact) mass is 387 g/mol. The Kier molecular flexibility index (Phi) is 7.22. The first-order valence-corrected chi connectivity index (χ1v) is 10.2. The normalized spacial score (nSPS) is 16.7. The van der Waals surface area contributed by atoms with Crippen molar-refractivity contribution in [2.75, 3.05) is 44.6 Å². The predicted octanol–water partition coefficient (Wildman–Crippen LogP) is 1.25. The van der Waals surface area contributed by atoms with E-state index in [2.05, 4.69) is 15.6 Å². The van der Waals surface area contributed by atoms with Crippen LogP contribution in [0.3, 0.4) is 0 Å². The van der Waals surface area contributed by atoms with Gasteiger partial charge in [0.25, 0.3) is 5.91 Å². The van der Waals surface area contributed by atoms with Crippen LogP contribution >= 0.6 is 0 Å². The number of rotatable bonds is 10. The molecule has 0 unspecified atom stereocenters. The van der Waals surface area contributed by atoms with Crippen LogP contribution in [0.2, 0.25) is 0 Å². The van der Waals surface area contributed by atoms with Crippen LogP contribution in [0, 0.1) is 0 Å². The lowest BCUT2D eigenvalue weighted by molar-refractivity contribution is -0.128. The molecule has 1 aromatic heterocycles. The maximum atomic E-state index is 12.3. The van der Waals surface area contributed by atoms with E-state index in [4.69, 9.17) is 0 Å². The maximum Gasteiger partial charge on any atom is 0.251 e. The van der Waals surface area contributed by atoms with Gasteiger partial charge in [0.15, 0.2) is 0 Å². The highest BCUT2D eigenvalue weighted by Gasteiger charge is 2.20. The highest BCUT2D eigenvalue weighted by molar-refractivity contribution is 5.94. The van der Waals surface area contributed by atoms with E-state index in [1.54, 1.807) is 18.3 Å². The molecule has 0 aromatic carbocycles. The molecule has 0 bridgehead atoms. The van der Waals surface area contributed by atoms with Crippen LogP contribution < -0.4 is 10.6 Å². The molecule has 3 heterocycles. The molecule has 3 amide bonds. The third-order valence-electron chi connectivity index (χ3n) is 5.17. The number of nitrogens with one attached hydrogen (secondary N) is 2. The molecular weight excluding hydrogens is 358 g/mol. The molecule has 28 heavy (non-hydrogen) atoms. The number of aromatic nitrogens is 1. The Morgan fingerprint density at radius 1 is 1.00 bits per heavy atom.